The van der Waals surface area contributed by atoms with Crippen molar-refractivity contribution in [3.05, 3.63) is 18.1 Å². The van der Waals surface area contributed by atoms with Crippen molar-refractivity contribution in [3.8, 4) is 0 Å². The Morgan fingerprint density at radius 1 is 1.25 bits per heavy atom. The lowest BCUT2D eigenvalue weighted by Crippen LogP contribution is -2.38. The van der Waals surface area contributed by atoms with E-state index in [4.69, 9.17) is 0 Å². The van der Waals surface area contributed by atoms with Gasteiger partial charge in [-0.3, -0.25) is 4.79 Å². The summed E-state index contributed by atoms with van der Waals surface area (Å²) >= 11 is 0. The van der Waals surface area contributed by atoms with E-state index in [-0.39, 0.29) is 5.91 Å². The molecule has 0 spiro atoms. The molecule has 2 aliphatic rings. The highest BCUT2D eigenvalue weighted by Crippen LogP contribution is 2.44. The number of anilines is 1. The van der Waals surface area contributed by atoms with Gasteiger partial charge in [-0.1, -0.05) is 6.92 Å². The summed E-state index contributed by atoms with van der Waals surface area (Å²) in [4.78, 5) is 20.6. The number of hydrogen-bond donors (Lipinski definition) is 2. The maximum Gasteiger partial charge on any atom is 0.271 e. The van der Waals surface area contributed by atoms with Gasteiger partial charge < -0.3 is 10.6 Å². The van der Waals surface area contributed by atoms with E-state index >= 15 is 0 Å². The summed E-state index contributed by atoms with van der Waals surface area (Å²) in [7, 11) is 0. The largest absolute Gasteiger partial charge is 0.369 e. The first-order valence-electron chi connectivity index (χ1n) is 7.64. The van der Waals surface area contributed by atoms with Crippen LogP contribution in [0.5, 0.6) is 0 Å². The van der Waals surface area contributed by atoms with Gasteiger partial charge in [0.25, 0.3) is 5.91 Å². The Balaban J connectivity index is 1.58. The predicted molar refractivity (Wildman–Crippen MR) is 77.5 cm³/mol. The molecule has 1 heterocycles. The van der Waals surface area contributed by atoms with Gasteiger partial charge in [0.15, 0.2) is 0 Å². The maximum absolute atomic E-state index is 12.2. The van der Waals surface area contributed by atoms with Gasteiger partial charge in [-0.05, 0) is 43.9 Å². The van der Waals surface area contributed by atoms with Gasteiger partial charge in [0.05, 0.1) is 12.4 Å². The van der Waals surface area contributed by atoms with Crippen molar-refractivity contribution in [1.29, 1.82) is 0 Å². The summed E-state index contributed by atoms with van der Waals surface area (Å²) in [6, 6.07) is 0.363. The Kier molecular flexibility index (Phi) is 3.85. The van der Waals surface area contributed by atoms with Gasteiger partial charge in [-0.15, -0.1) is 0 Å². The van der Waals surface area contributed by atoms with Crippen LogP contribution in [0.15, 0.2) is 12.4 Å². The second-order valence-electron chi connectivity index (χ2n) is 5.89. The lowest BCUT2D eigenvalue weighted by Gasteiger charge is -2.17. The SMILES string of the molecule is CCCNc1cnc(C(=O)NC(C2CC2)C2CC2)cn1. The number of aromatic nitrogens is 2. The number of amides is 1. The van der Waals surface area contributed by atoms with Crippen LogP contribution in [0.1, 0.15) is 49.5 Å². The monoisotopic (exact) mass is 274 g/mol. The molecule has 20 heavy (non-hydrogen) atoms. The molecule has 0 saturated heterocycles. The smallest absolute Gasteiger partial charge is 0.271 e. The number of nitrogens with one attached hydrogen (secondary N) is 2. The Labute approximate surface area is 119 Å². The average Bonchev–Trinajstić information content (AvgIpc) is 3.36. The van der Waals surface area contributed by atoms with E-state index in [1.54, 1.807) is 12.4 Å². The Morgan fingerprint density at radius 3 is 2.45 bits per heavy atom. The molecule has 0 radical (unpaired) electrons. The lowest BCUT2D eigenvalue weighted by atomic mass is 10.1. The van der Waals surface area contributed by atoms with Gasteiger partial charge in [0.1, 0.15) is 11.5 Å². The number of hydrogen-bond acceptors (Lipinski definition) is 4. The van der Waals surface area contributed by atoms with Crippen molar-refractivity contribution in [3.63, 3.8) is 0 Å². The first-order chi connectivity index (χ1) is 9.78. The zero-order chi connectivity index (χ0) is 13.9. The molecule has 1 aromatic heterocycles. The normalized spacial score (nSPS) is 18.1. The number of carbonyl (C=O) groups excluding carboxylic acids is 1. The quantitative estimate of drug-likeness (QED) is 0.800. The third-order valence-electron chi connectivity index (χ3n) is 4.00. The Morgan fingerprint density at radius 2 is 1.95 bits per heavy atom. The highest BCUT2D eigenvalue weighted by molar-refractivity contribution is 5.92. The van der Waals surface area contributed by atoms with Gasteiger partial charge >= 0.3 is 0 Å². The van der Waals surface area contributed by atoms with Crippen molar-refractivity contribution >= 4 is 11.7 Å². The molecule has 2 aliphatic carbocycles. The fourth-order valence-electron chi connectivity index (χ4n) is 2.55. The minimum atomic E-state index is -0.0802. The summed E-state index contributed by atoms with van der Waals surface area (Å²) in [6.07, 6.45) is 9.26. The summed E-state index contributed by atoms with van der Waals surface area (Å²) in [5.74, 6) is 2.04. The predicted octanol–water partition coefficient (Wildman–Crippen LogP) is 2.22. The first-order valence-corrected chi connectivity index (χ1v) is 7.64. The summed E-state index contributed by atoms with van der Waals surface area (Å²) in [5, 5.41) is 6.31. The second kappa shape index (κ2) is 5.77. The zero-order valence-electron chi connectivity index (χ0n) is 11.9. The fraction of sp³-hybridized carbons (Fsp3) is 0.667. The molecule has 3 rings (SSSR count). The second-order valence-corrected chi connectivity index (χ2v) is 5.89. The molecule has 5 nitrogen and oxygen atoms in total. The molecule has 0 unspecified atom stereocenters. The first kappa shape index (κ1) is 13.3. The van der Waals surface area contributed by atoms with E-state index in [2.05, 4.69) is 27.5 Å². The van der Waals surface area contributed by atoms with Crippen LogP contribution in [0.3, 0.4) is 0 Å². The van der Waals surface area contributed by atoms with Crippen molar-refractivity contribution in [2.45, 2.75) is 45.1 Å². The third kappa shape index (κ3) is 3.26. The van der Waals surface area contributed by atoms with Crippen LogP contribution in [0.25, 0.3) is 0 Å². The molecule has 2 fully saturated rings. The van der Waals surface area contributed by atoms with Crippen molar-refractivity contribution in [1.82, 2.24) is 15.3 Å². The fourth-order valence-corrected chi connectivity index (χ4v) is 2.55. The van der Waals surface area contributed by atoms with Gasteiger partial charge in [-0.25, -0.2) is 9.97 Å². The van der Waals surface area contributed by atoms with Gasteiger partial charge in [0.2, 0.25) is 0 Å². The van der Waals surface area contributed by atoms with Crippen LogP contribution < -0.4 is 10.6 Å². The van der Waals surface area contributed by atoms with E-state index in [0.29, 0.717) is 23.6 Å². The lowest BCUT2D eigenvalue weighted by molar-refractivity contribution is 0.0921. The van der Waals surface area contributed by atoms with Crippen LogP contribution in [-0.4, -0.2) is 28.5 Å². The number of nitrogens with zero attached hydrogens (tertiary/aromatic N) is 2. The molecule has 0 atom stereocenters. The van der Waals surface area contributed by atoms with Crippen LogP contribution in [0, 0.1) is 11.8 Å². The molecule has 0 aromatic carbocycles. The van der Waals surface area contributed by atoms with E-state index in [9.17, 15) is 4.79 Å². The van der Waals surface area contributed by atoms with Crippen molar-refractivity contribution in [2.75, 3.05) is 11.9 Å². The van der Waals surface area contributed by atoms with Crippen molar-refractivity contribution in [2.24, 2.45) is 11.8 Å². The molecular formula is C15H22N4O. The van der Waals surface area contributed by atoms with Crippen LogP contribution in [-0.2, 0) is 0 Å². The van der Waals surface area contributed by atoms with Crippen molar-refractivity contribution < 1.29 is 4.79 Å². The molecule has 0 aliphatic heterocycles. The van der Waals surface area contributed by atoms with E-state index < -0.39 is 0 Å². The highest BCUT2D eigenvalue weighted by Gasteiger charge is 2.42. The van der Waals surface area contributed by atoms with E-state index in [1.807, 2.05) is 0 Å². The molecule has 2 N–H and O–H groups in total. The number of carbonyl (C=O) groups is 1. The Hall–Kier alpha value is -1.65. The molecule has 108 valence electrons. The molecule has 1 amide bonds. The van der Waals surface area contributed by atoms with Crippen LogP contribution in [0.4, 0.5) is 5.82 Å². The summed E-state index contributed by atoms with van der Waals surface area (Å²) in [5.41, 5.74) is 0.415. The zero-order valence-corrected chi connectivity index (χ0v) is 11.9. The summed E-state index contributed by atoms with van der Waals surface area (Å²) in [6.45, 7) is 2.96. The minimum absolute atomic E-state index is 0.0802. The van der Waals surface area contributed by atoms with Crippen LogP contribution in [0.2, 0.25) is 0 Å². The topological polar surface area (TPSA) is 66.9 Å². The maximum atomic E-state index is 12.2. The highest BCUT2D eigenvalue weighted by atomic mass is 16.2. The molecular weight excluding hydrogens is 252 g/mol. The average molecular weight is 274 g/mol. The molecule has 0 bridgehead atoms. The van der Waals surface area contributed by atoms with E-state index in [0.717, 1.165) is 18.8 Å². The standard InChI is InChI=1S/C15H22N4O/c1-2-7-16-13-9-17-12(8-18-13)15(20)19-14(10-3-4-10)11-5-6-11/h8-11,14H,2-7H2,1H3,(H,16,18)(H,19,20). The minimum Gasteiger partial charge on any atom is -0.369 e. The number of rotatable bonds is 7. The van der Waals surface area contributed by atoms with E-state index in [1.165, 1.54) is 25.7 Å². The molecule has 1 aromatic rings. The third-order valence-corrected chi connectivity index (χ3v) is 4.00. The van der Waals surface area contributed by atoms with Crippen LogP contribution >= 0.6 is 0 Å². The van der Waals surface area contributed by atoms with Gasteiger partial charge in [-0.2, -0.15) is 0 Å². The Bertz CT molecular complexity index is 453. The molecule has 2 saturated carbocycles. The molecule has 5 heteroatoms. The summed E-state index contributed by atoms with van der Waals surface area (Å²) < 4.78 is 0. The van der Waals surface area contributed by atoms with Gasteiger partial charge in [0, 0.05) is 12.6 Å².